The lowest BCUT2D eigenvalue weighted by molar-refractivity contribution is 0.0953. The van der Waals surface area contributed by atoms with Crippen molar-refractivity contribution in [3.8, 4) is 0 Å². The van der Waals surface area contributed by atoms with Gasteiger partial charge >= 0.3 is 0 Å². The molecule has 1 fully saturated rings. The first kappa shape index (κ1) is 14.5. The van der Waals surface area contributed by atoms with E-state index in [-0.39, 0.29) is 18.2 Å². The number of carbonyl (C=O) groups is 1. The van der Waals surface area contributed by atoms with Crippen molar-refractivity contribution in [3.05, 3.63) is 35.4 Å². The zero-order valence-electron chi connectivity index (χ0n) is 10.4. The van der Waals surface area contributed by atoms with Crippen LogP contribution in [0.3, 0.4) is 0 Å². The van der Waals surface area contributed by atoms with Crippen LogP contribution in [0.25, 0.3) is 0 Å². The number of nitrogens with one attached hydrogen (secondary N) is 1. The Kier molecular flexibility index (Phi) is 4.62. The third kappa shape index (κ3) is 3.57. The zero-order valence-corrected chi connectivity index (χ0v) is 12.8. The SMILES string of the molecule is O=C(NCC1CCCS1(=O)=O)c1ccc(CBr)cc1. The monoisotopic (exact) mass is 345 g/mol. The Bertz CT molecular complexity index is 554. The lowest BCUT2D eigenvalue weighted by Gasteiger charge is -2.11. The van der Waals surface area contributed by atoms with Gasteiger partial charge in [0.05, 0.1) is 11.0 Å². The number of sulfone groups is 1. The third-order valence-corrected chi connectivity index (χ3v) is 6.25. The van der Waals surface area contributed by atoms with E-state index in [9.17, 15) is 13.2 Å². The molecule has 1 aliphatic heterocycles. The average Bonchev–Trinajstić information content (AvgIpc) is 2.75. The van der Waals surface area contributed by atoms with Gasteiger partial charge in [-0.3, -0.25) is 4.79 Å². The first-order valence-corrected chi connectivity index (χ1v) is 9.01. The minimum absolute atomic E-state index is 0.210. The first-order chi connectivity index (χ1) is 9.03. The number of amides is 1. The molecule has 19 heavy (non-hydrogen) atoms. The van der Waals surface area contributed by atoms with Crippen LogP contribution in [-0.4, -0.2) is 31.9 Å². The maximum Gasteiger partial charge on any atom is 0.251 e. The molecular weight excluding hydrogens is 330 g/mol. The molecule has 1 saturated heterocycles. The lowest BCUT2D eigenvalue weighted by atomic mass is 10.1. The van der Waals surface area contributed by atoms with Crippen molar-refractivity contribution in [2.45, 2.75) is 23.4 Å². The number of hydrogen-bond acceptors (Lipinski definition) is 3. The smallest absolute Gasteiger partial charge is 0.251 e. The van der Waals surface area contributed by atoms with E-state index in [1.807, 2.05) is 12.1 Å². The molecule has 1 aliphatic rings. The predicted molar refractivity (Wildman–Crippen MR) is 78.2 cm³/mol. The van der Waals surface area contributed by atoms with E-state index in [1.54, 1.807) is 12.1 Å². The molecule has 0 aliphatic carbocycles. The summed E-state index contributed by atoms with van der Waals surface area (Å²) in [6.07, 6.45) is 1.34. The molecule has 0 saturated carbocycles. The van der Waals surface area contributed by atoms with Gasteiger partial charge in [0.15, 0.2) is 9.84 Å². The Hall–Kier alpha value is -0.880. The van der Waals surface area contributed by atoms with Crippen LogP contribution in [0.4, 0.5) is 0 Å². The van der Waals surface area contributed by atoms with Crippen molar-refractivity contribution < 1.29 is 13.2 Å². The Balaban J connectivity index is 1.94. The van der Waals surface area contributed by atoms with Crippen molar-refractivity contribution >= 4 is 31.7 Å². The number of halogens is 1. The number of benzene rings is 1. The van der Waals surface area contributed by atoms with Gasteiger partial charge in [-0.05, 0) is 30.5 Å². The molecule has 0 radical (unpaired) electrons. The number of alkyl halides is 1. The van der Waals surface area contributed by atoms with Gasteiger partial charge in [0.2, 0.25) is 0 Å². The van der Waals surface area contributed by atoms with Crippen molar-refractivity contribution in [2.24, 2.45) is 0 Å². The summed E-state index contributed by atoms with van der Waals surface area (Å²) in [5.74, 6) is 0.0243. The fourth-order valence-electron chi connectivity index (χ4n) is 2.14. The Morgan fingerprint density at radius 1 is 1.32 bits per heavy atom. The fourth-order valence-corrected chi connectivity index (χ4v) is 4.28. The topological polar surface area (TPSA) is 63.2 Å². The van der Waals surface area contributed by atoms with Gasteiger partial charge in [-0.15, -0.1) is 0 Å². The largest absolute Gasteiger partial charge is 0.351 e. The second-order valence-electron chi connectivity index (χ2n) is 4.67. The molecular formula is C13H16BrNO3S. The first-order valence-electron chi connectivity index (χ1n) is 6.17. The van der Waals surface area contributed by atoms with E-state index in [4.69, 9.17) is 0 Å². The van der Waals surface area contributed by atoms with Crippen LogP contribution in [0.2, 0.25) is 0 Å². The molecule has 6 heteroatoms. The molecule has 4 nitrogen and oxygen atoms in total. The van der Waals surface area contributed by atoms with E-state index in [2.05, 4.69) is 21.2 Å². The Morgan fingerprint density at radius 2 is 2.00 bits per heavy atom. The fraction of sp³-hybridized carbons (Fsp3) is 0.462. The molecule has 1 heterocycles. The van der Waals surface area contributed by atoms with E-state index < -0.39 is 15.1 Å². The maximum atomic E-state index is 11.9. The summed E-state index contributed by atoms with van der Waals surface area (Å²) in [5, 5.41) is 3.03. The van der Waals surface area contributed by atoms with Crippen LogP contribution in [0.1, 0.15) is 28.8 Å². The predicted octanol–water partition coefficient (Wildman–Crippen LogP) is 1.89. The maximum absolute atomic E-state index is 11.9. The minimum Gasteiger partial charge on any atom is -0.351 e. The van der Waals surface area contributed by atoms with Gasteiger partial charge in [0.1, 0.15) is 0 Å². The standard InChI is InChI=1S/C13H16BrNO3S/c14-8-10-3-5-11(6-4-10)13(16)15-9-12-2-1-7-19(12,17)18/h3-6,12H,1-2,7-9H2,(H,15,16). The summed E-state index contributed by atoms with van der Waals surface area (Å²) < 4.78 is 23.3. The quantitative estimate of drug-likeness (QED) is 0.847. The van der Waals surface area contributed by atoms with Crippen LogP contribution < -0.4 is 5.32 Å². The summed E-state index contributed by atoms with van der Waals surface area (Å²) in [6.45, 7) is 0.210. The second-order valence-corrected chi connectivity index (χ2v) is 7.63. The highest BCUT2D eigenvalue weighted by atomic mass is 79.9. The van der Waals surface area contributed by atoms with Gasteiger partial charge in [-0.25, -0.2) is 8.42 Å². The highest BCUT2D eigenvalue weighted by Gasteiger charge is 2.31. The molecule has 1 aromatic rings. The highest BCUT2D eigenvalue weighted by Crippen LogP contribution is 2.19. The molecule has 1 unspecified atom stereocenters. The van der Waals surface area contributed by atoms with Crippen LogP contribution in [0.15, 0.2) is 24.3 Å². The lowest BCUT2D eigenvalue weighted by Crippen LogP contribution is -2.34. The van der Waals surface area contributed by atoms with Gasteiger partial charge in [-0.1, -0.05) is 28.1 Å². The summed E-state index contributed by atoms with van der Waals surface area (Å²) in [6, 6.07) is 7.23. The van der Waals surface area contributed by atoms with Crippen molar-refractivity contribution in [2.75, 3.05) is 12.3 Å². The highest BCUT2D eigenvalue weighted by molar-refractivity contribution is 9.08. The van der Waals surface area contributed by atoms with Crippen molar-refractivity contribution in [1.29, 1.82) is 0 Å². The molecule has 1 amide bonds. The second kappa shape index (κ2) is 6.05. The van der Waals surface area contributed by atoms with Gasteiger partial charge in [-0.2, -0.15) is 0 Å². The van der Waals surface area contributed by atoms with Gasteiger partial charge in [0.25, 0.3) is 5.91 Å². The average molecular weight is 346 g/mol. The van der Waals surface area contributed by atoms with E-state index in [0.717, 1.165) is 10.9 Å². The number of rotatable bonds is 4. The van der Waals surface area contributed by atoms with E-state index >= 15 is 0 Å². The van der Waals surface area contributed by atoms with Crippen molar-refractivity contribution in [1.82, 2.24) is 5.32 Å². The van der Waals surface area contributed by atoms with Gasteiger partial charge in [0, 0.05) is 17.4 Å². The molecule has 1 atom stereocenters. The van der Waals surface area contributed by atoms with Crippen LogP contribution in [-0.2, 0) is 15.2 Å². The van der Waals surface area contributed by atoms with E-state index in [0.29, 0.717) is 18.4 Å². The normalized spacial score (nSPS) is 21.2. The minimum atomic E-state index is -3.00. The summed E-state index contributed by atoms with van der Waals surface area (Å²) in [7, 11) is -3.00. The Labute approximate surface area is 121 Å². The van der Waals surface area contributed by atoms with Gasteiger partial charge < -0.3 is 5.32 Å². The summed E-state index contributed by atoms with van der Waals surface area (Å²) >= 11 is 3.34. The van der Waals surface area contributed by atoms with E-state index in [1.165, 1.54) is 0 Å². The molecule has 2 rings (SSSR count). The van der Waals surface area contributed by atoms with Crippen LogP contribution >= 0.6 is 15.9 Å². The van der Waals surface area contributed by atoms with Crippen LogP contribution in [0.5, 0.6) is 0 Å². The number of hydrogen-bond donors (Lipinski definition) is 1. The molecule has 0 aromatic heterocycles. The van der Waals surface area contributed by atoms with Crippen LogP contribution in [0, 0.1) is 0 Å². The third-order valence-electron chi connectivity index (χ3n) is 3.32. The van der Waals surface area contributed by atoms with Crippen molar-refractivity contribution in [3.63, 3.8) is 0 Å². The molecule has 0 spiro atoms. The Morgan fingerprint density at radius 3 is 2.53 bits per heavy atom. The zero-order chi connectivity index (χ0) is 13.9. The molecule has 0 bridgehead atoms. The summed E-state index contributed by atoms with van der Waals surface area (Å²) in [5.41, 5.74) is 1.65. The number of carbonyl (C=O) groups excluding carboxylic acids is 1. The molecule has 1 N–H and O–H groups in total. The molecule has 1 aromatic carbocycles. The summed E-state index contributed by atoms with van der Waals surface area (Å²) in [4.78, 5) is 11.9. The molecule has 104 valence electrons.